The zero-order valence-electron chi connectivity index (χ0n) is 14.8. The zero-order chi connectivity index (χ0) is 16.9. The van der Waals surface area contributed by atoms with Crippen molar-refractivity contribution in [3.63, 3.8) is 0 Å². The second kappa shape index (κ2) is 7.76. The molecular formula is C21H28OSi. The van der Waals surface area contributed by atoms with Crippen LogP contribution in [0.2, 0.25) is 13.1 Å². The highest BCUT2D eigenvalue weighted by atomic mass is 28.4. The van der Waals surface area contributed by atoms with Gasteiger partial charge in [0.05, 0.1) is 0 Å². The lowest BCUT2D eigenvalue weighted by Gasteiger charge is -2.23. The van der Waals surface area contributed by atoms with Gasteiger partial charge in [-0.1, -0.05) is 68.0 Å². The van der Waals surface area contributed by atoms with E-state index >= 15 is 0 Å². The van der Waals surface area contributed by atoms with Gasteiger partial charge in [0.25, 0.3) is 0 Å². The van der Waals surface area contributed by atoms with Crippen molar-refractivity contribution in [2.45, 2.75) is 46.2 Å². The molecule has 2 aromatic carbocycles. The Morgan fingerprint density at radius 2 is 1.78 bits per heavy atom. The Hall–Kier alpha value is -1.64. The molecule has 0 amide bonds. The first-order valence-corrected chi connectivity index (χ1v) is 11.5. The van der Waals surface area contributed by atoms with Crippen LogP contribution < -0.4 is 0 Å². The molecule has 2 rings (SSSR count). The third-order valence-electron chi connectivity index (χ3n) is 4.21. The van der Waals surface area contributed by atoms with Crippen LogP contribution in [0.25, 0.3) is 16.3 Å². The van der Waals surface area contributed by atoms with E-state index < -0.39 is 8.32 Å². The van der Waals surface area contributed by atoms with Gasteiger partial charge in [-0.25, -0.2) is 0 Å². The molecule has 0 aromatic heterocycles. The summed E-state index contributed by atoms with van der Waals surface area (Å²) in [5.74, 6) is 0. The van der Waals surface area contributed by atoms with Crippen LogP contribution >= 0.6 is 0 Å². The Morgan fingerprint density at radius 3 is 2.43 bits per heavy atom. The van der Waals surface area contributed by atoms with Gasteiger partial charge in [0.2, 0.25) is 8.32 Å². The Kier molecular flexibility index (Phi) is 5.97. The topological polar surface area (TPSA) is 20.2 Å². The molecule has 122 valence electrons. The molecule has 0 aliphatic carbocycles. The molecule has 0 radical (unpaired) electrons. The molecule has 2 aromatic rings. The molecule has 1 nitrogen and oxygen atoms in total. The van der Waals surface area contributed by atoms with E-state index in [0.717, 1.165) is 24.5 Å². The summed E-state index contributed by atoms with van der Waals surface area (Å²) >= 11 is 0. The number of hydrogen-bond donors (Lipinski definition) is 1. The third-order valence-corrected chi connectivity index (χ3v) is 6.00. The lowest BCUT2D eigenvalue weighted by atomic mass is 9.94. The minimum absolute atomic E-state index is 1.02. The van der Waals surface area contributed by atoms with Gasteiger partial charge in [-0.05, 0) is 60.0 Å². The lowest BCUT2D eigenvalue weighted by Crippen LogP contribution is -2.29. The fourth-order valence-electron chi connectivity index (χ4n) is 3.10. The highest BCUT2D eigenvalue weighted by molar-refractivity contribution is 6.79. The van der Waals surface area contributed by atoms with Crippen molar-refractivity contribution >= 4 is 24.7 Å². The van der Waals surface area contributed by atoms with Gasteiger partial charge in [0.15, 0.2) is 0 Å². The van der Waals surface area contributed by atoms with Crippen LogP contribution in [0.5, 0.6) is 0 Å². The highest BCUT2D eigenvalue weighted by Crippen LogP contribution is 2.34. The first-order valence-electron chi connectivity index (χ1n) is 8.55. The van der Waals surface area contributed by atoms with Crippen molar-refractivity contribution in [3.05, 3.63) is 65.4 Å². The summed E-state index contributed by atoms with van der Waals surface area (Å²) in [7, 11) is -2.40. The van der Waals surface area contributed by atoms with Crippen molar-refractivity contribution in [3.8, 4) is 0 Å². The summed E-state index contributed by atoms with van der Waals surface area (Å²) in [5.41, 5.74) is 2.60. The van der Waals surface area contributed by atoms with E-state index in [1.807, 2.05) is 20.0 Å². The van der Waals surface area contributed by atoms with Gasteiger partial charge >= 0.3 is 0 Å². The Balaban J connectivity index is 2.75. The smallest absolute Gasteiger partial charge is 0.214 e. The highest BCUT2D eigenvalue weighted by Gasteiger charge is 2.25. The first-order chi connectivity index (χ1) is 11.0. The molecule has 0 fully saturated rings. The maximum Gasteiger partial charge on any atom is 0.214 e. The van der Waals surface area contributed by atoms with E-state index in [2.05, 4.69) is 61.5 Å². The molecule has 23 heavy (non-hydrogen) atoms. The van der Waals surface area contributed by atoms with E-state index in [9.17, 15) is 4.80 Å². The number of rotatable bonds is 6. The first kappa shape index (κ1) is 17.7. The van der Waals surface area contributed by atoms with Crippen molar-refractivity contribution in [2.24, 2.45) is 0 Å². The van der Waals surface area contributed by atoms with Crippen LogP contribution in [0.3, 0.4) is 0 Å². The van der Waals surface area contributed by atoms with Crippen LogP contribution in [0.1, 0.15) is 38.7 Å². The molecule has 1 N–H and O–H groups in total. The monoisotopic (exact) mass is 324 g/mol. The summed E-state index contributed by atoms with van der Waals surface area (Å²) in [6.07, 6.45) is 7.49. The molecule has 0 atom stereocenters. The van der Waals surface area contributed by atoms with E-state index in [0.29, 0.717) is 0 Å². The SMILES string of the molecule is C/C=C\C(=C(/CCCC)c1cccc2ccccc12)[Si](C)(C)O. The van der Waals surface area contributed by atoms with Crippen molar-refractivity contribution in [2.75, 3.05) is 0 Å². The minimum Gasteiger partial charge on any atom is -0.428 e. The number of hydrogen-bond acceptors (Lipinski definition) is 1. The van der Waals surface area contributed by atoms with Gasteiger partial charge < -0.3 is 4.80 Å². The third kappa shape index (κ3) is 4.21. The summed E-state index contributed by atoms with van der Waals surface area (Å²) in [5, 5.41) is 3.70. The Labute approximate surface area is 141 Å². The van der Waals surface area contributed by atoms with Gasteiger partial charge in [-0.3, -0.25) is 0 Å². The average Bonchev–Trinajstić information content (AvgIpc) is 2.53. The number of unbranched alkanes of at least 4 members (excludes halogenated alkanes) is 1. The standard InChI is InChI=1S/C21H28OSi/c1-5-7-14-20(21(11-6-2)23(3,4)22)19-16-10-13-17-12-8-9-15-18(17)19/h6,8-13,15-16,22H,5,7,14H2,1-4H3/b11-6-,21-20-. The van der Waals surface area contributed by atoms with Crippen molar-refractivity contribution in [1.29, 1.82) is 0 Å². The average molecular weight is 325 g/mol. The van der Waals surface area contributed by atoms with E-state index in [1.165, 1.54) is 21.9 Å². The second-order valence-electron chi connectivity index (χ2n) is 6.58. The predicted octanol–water partition coefficient (Wildman–Crippen LogP) is 6.10. The lowest BCUT2D eigenvalue weighted by molar-refractivity contribution is 0.564. The molecule has 0 aliphatic heterocycles. The maximum atomic E-state index is 10.8. The molecule has 2 heteroatoms. The van der Waals surface area contributed by atoms with Crippen LogP contribution in [-0.2, 0) is 0 Å². The van der Waals surface area contributed by atoms with Crippen molar-refractivity contribution in [1.82, 2.24) is 0 Å². The van der Waals surface area contributed by atoms with Crippen LogP contribution in [0.15, 0.2) is 59.8 Å². The molecule has 0 saturated carbocycles. The quantitative estimate of drug-likeness (QED) is 0.503. The summed E-state index contributed by atoms with van der Waals surface area (Å²) in [6, 6.07) is 15.0. The largest absolute Gasteiger partial charge is 0.428 e. The van der Waals surface area contributed by atoms with Gasteiger partial charge in [-0.15, -0.1) is 0 Å². The number of fused-ring (bicyclic) bond motifs is 1. The van der Waals surface area contributed by atoms with Crippen LogP contribution in [0, 0.1) is 0 Å². The predicted molar refractivity (Wildman–Crippen MR) is 105 cm³/mol. The van der Waals surface area contributed by atoms with E-state index in [4.69, 9.17) is 0 Å². The maximum absolute atomic E-state index is 10.8. The molecule has 0 heterocycles. The number of allylic oxidation sites excluding steroid dienone is 4. The summed E-state index contributed by atoms with van der Waals surface area (Å²) < 4.78 is 0. The number of benzene rings is 2. The van der Waals surface area contributed by atoms with Gasteiger partial charge in [-0.2, -0.15) is 0 Å². The molecule has 0 bridgehead atoms. The molecule has 0 saturated heterocycles. The summed E-state index contributed by atoms with van der Waals surface area (Å²) in [4.78, 5) is 10.8. The van der Waals surface area contributed by atoms with Gasteiger partial charge in [0, 0.05) is 0 Å². The molecule has 0 spiro atoms. The zero-order valence-corrected chi connectivity index (χ0v) is 15.8. The Bertz CT molecular complexity index is 715. The molecule has 0 aliphatic rings. The van der Waals surface area contributed by atoms with Crippen molar-refractivity contribution < 1.29 is 4.80 Å². The summed E-state index contributed by atoms with van der Waals surface area (Å²) in [6.45, 7) is 8.27. The van der Waals surface area contributed by atoms with Crippen LogP contribution in [0.4, 0.5) is 0 Å². The molecule has 0 unspecified atom stereocenters. The van der Waals surface area contributed by atoms with Crippen LogP contribution in [-0.4, -0.2) is 13.1 Å². The Morgan fingerprint density at radius 1 is 1.09 bits per heavy atom. The fraction of sp³-hybridized carbons (Fsp3) is 0.333. The van der Waals surface area contributed by atoms with Gasteiger partial charge in [0.1, 0.15) is 0 Å². The fourth-order valence-corrected chi connectivity index (χ4v) is 4.67. The normalized spacial score (nSPS) is 13.6. The molecular weight excluding hydrogens is 296 g/mol. The van der Waals surface area contributed by atoms with E-state index in [1.54, 1.807) is 0 Å². The minimum atomic E-state index is -2.40. The second-order valence-corrected chi connectivity index (χ2v) is 10.2. The van der Waals surface area contributed by atoms with E-state index in [-0.39, 0.29) is 0 Å².